The quantitative estimate of drug-likeness (QED) is 0.314. The fraction of sp³-hybridized carbons (Fsp3) is 0.333. The molecule has 2 aromatic rings. The van der Waals surface area contributed by atoms with Gasteiger partial charge in [0.25, 0.3) is 0 Å². The summed E-state index contributed by atoms with van der Waals surface area (Å²) >= 11 is -4.36. The number of benzene rings is 2. The van der Waals surface area contributed by atoms with Gasteiger partial charge in [0.15, 0.2) is 0 Å². The number of esters is 2. The van der Waals surface area contributed by atoms with Crippen LogP contribution in [0.5, 0.6) is 0 Å². The maximum absolute atomic E-state index is 13.1. The van der Waals surface area contributed by atoms with E-state index in [0.29, 0.717) is 20.0 Å². The first kappa shape index (κ1) is 26.4. The third-order valence-corrected chi connectivity index (χ3v) is 14.3. The molecule has 176 valence electrons. The van der Waals surface area contributed by atoms with Crippen molar-refractivity contribution in [3.63, 3.8) is 0 Å². The van der Waals surface area contributed by atoms with Gasteiger partial charge in [-0.15, -0.1) is 0 Å². The number of rotatable bonds is 10. The SMILES string of the molecule is C[CH2][Sn]([CH2]C)([O]C(=O)[C@@H](OC(C)=O)c1ccccc1)[O]C(=O)[C@H](OC(C)=O)c1ccccc1. The Bertz CT molecular complexity index is 881. The first-order valence-corrected chi connectivity index (χ1v) is 17.0. The molecule has 0 unspecified atom stereocenters. The Morgan fingerprint density at radius 1 is 0.667 bits per heavy atom. The summed E-state index contributed by atoms with van der Waals surface area (Å²) in [5.74, 6) is -2.89. The summed E-state index contributed by atoms with van der Waals surface area (Å²) in [6.07, 6.45) is -2.56. The van der Waals surface area contributed by atoms with Crippen LogP contribution in [0.4, 0.5) is 0 Å². The summed E-state index contributed by atoms with van der Waals surface area (Å²) < 4.78 is 22.7. The minimum absolute atomic E-state index is 0.325. The molecule has 9 heteroatoms. The number of carbonyl (C=O) groups is 4. The third-order valence-electron chi connectivity index (χ3n) is 4.85. The van der Waals surface area contributed by atoms with Crippen molar-refractivity contribution in [1.82, 2.24) is 0 Å². The fourth-order valence-corrected chi connectivity index (χ4v) is 9.02. The van der Waals surface area contributed by atoms with Crippen LogP contribution >= 0.6 is 0 Å². The molecule has 0 spiro atoms. The predicted molar refractivity (Wildman–Crippen MR) is 121 cm³/mol. The Morgan fingerprint density at radius 2 is 1.00 bits per heavy atom. The molecule has 0 aliphatic carbocycles. The van der Waals surface area contributed by atoms with Gasteiger partial charge in [-0.25, -0.2) is 0 Å². The van der Waals surface area contributed by atoms with Crippen molar-refractivity contribution in [2.45, 2.75) is 48.8 Å². The standard InChI is InChI=1S/2C10H10O4.2C2H5.Sn/c2*1-7(11)14-9(10(12)13)8-5-3-2-4-6-8;2*1-2;/h2*2-6,9H,1H3,(H,12,13);2*1H2,2H3;/q;;;;+2/p-2/t2*9-;;;/m10.../s1. The van der Waals surface area contributed by atoms with E-state index in [0.717, 1.165) is 0 Å². The summed E-state index contributed by atoms with van der Waals surface area (Å²) in [7, 11) is 0. The van der Waals surface area contributed by atoms with E-state index in [1.54, 1.807) is 74.5 Å². The van der Waals surface area contributed by atoms with Crippen molar-refractivity contribution < 1.29 is 34.8 Å². The van der Waals surface area contributed by atoms with Crippen LogP contribution < -0.4 is 0 Å². The van der Waals surface area contributed by atoms with Gasteiger partial charge in [0.05, 0.1) is 0 Å². The fourth-order valence-electron chi connectivity index (χ4n) is 3.13. The number of hydrogen-bond donors (Lipinski definition) is 0. The van der Waals surface area contributed by atoms with Gasteiger partial charge in [-0.1, -0.05) is 0 Å². The molecule has 0 saturated carbocycles. The van der Waals surface area contributed by atoms with E-state index in [9.17, 15) is 19.2 Å². The van der Waals surface area contributed by atoms with E-state index in [1.165, 1.54) is 13.8 Å². The summed E-state index contributed by atoms with van der Waals surface area (Å²) in [6.45, 7) is 5.94. The summed E-state index contributed by atoms with van der Waals surface area (Å²) in [5.41, 5.74) is 0.886. The average Bonchev–Trinajstić information content (AvgIpc) is 2.81. The minimum atomic E-state index is -4.36. The zero-order chi connectivity index (χ0) is 24.4. The normalized spacial score (nSPS) is 12.7. The van der Waals surface area contributed by atoms with Crippen molar-refractivity contribution in [2.24, 2.45) is 0 Å². The molecule has 0 aliphatic heterocycles. The summed E-state index contributed by atoms with van der Waals surface area (Å²) in [5, 5.41) is 0. The van der Waals surface area contributed by atoms with Crippen molar-refractivity contribution in [1.29, 1.82) is 0 Å². The monoisotopic (exact) mass is 564 g/mol. The van der Waals surface area contributed by atoms with Gasteiger partial charge < -0.3 is 0 Å². The molecular weight excluding hydrogens is 535 g/mol. The van der Waals surface area contributed by atoms with Crippen LogP contribution in [-0.4, -0.2) is 43.1 Å². The van der Waals surface area contributed by atoms with E-state index in [-0.39, 0.29) is 0 Å². The van der Waals surface area contributed by atoms with Gasteiger partial charge >= 0.3 is 198 Å². The van der Waals surface area contributed by atoms with Crippen LogP contribution in [-0.2, 0) is 34.8 Å². The third kappa shape index (κ3) is 7.59. The molecule has 0 aliphatic rings. The van der Waals surface area contributed by atoms with Gasteiger partial charge in [0.1, 0.15) is 0 Å². The van der Waals surface area contributed by atoms with Crippen LogP contribution in [0.3, 0.4) is 0 Å². The topological polar surface area (TPSA) is 105 Å². The van der Waals surface area contributed by atoms with Gasteiger partial charge in [0, 0.05) is 0 Å². The first-order valence-electron chi connectivity index (χ1n) is 10.6. The summed E-state index contributed by atoms with van der Waals surface area (Å²) in [6, 6.07) is 16.9. The van der Waals surface area contributed by atoms with Crippen LogP contribution in [0.1, 0.15) is 51.0 Å². The molecule has 0 saturated heterocycles. The van der Waals surface area contributed by atoms with E-state index in [1.807, 2.05) is 0 Å². The molecule has 0 radical (unpaired) electrons. The van der Waals surface area contributed by atoms with Gasteiger partial charge in [0.2, 0.25) is 0 Å². The molecule has 33 heavy (non-hydrogen) atoms. The molecule has 2 rings (SSSR count). The first-order chi connectivity index (χ1) is 15.7. The summed E-state index contributed by atoms with van der Waals surface area (Å²) in [4.78, 5) is 49.4. The predicted octanol–water partition coefficient (Wildman–Crippen LogP) is 4.16. The Morgan fingerprint density at radius 3 is 1.27 bits per heavy atom. The van der Waals surface area contributed by atoms with E-state index in [4.69, 9.17) is 15.6 Å². The number of hydrogen-bond acceptors (Lipinski definition) is 8. The molecule has 0 aromatic heterocycles. The van der Waals surface area contributed by atoms with Gasteiger partial charge in [-0.3, -0.25) is 0 Å². The zero-order valence-corrected chi connectivity index (χ0v) is 22.0. The molecule has 2 atom stereocenters. The molecule has 0 bridgehead atoms. The van der Waals surface area contributed by atoms with E-state index in [2.05, 4.69) is 0 Å². The second-order valence-corrected chi connectivity index (χ2v) is 17.7. The van der Waals surface area contributed by atoms with E-state index >= 15 is 0 Å². The molecule has 0 N–H and O–H groups in total. The second kappa shape index (κ2) is 12.4. The molecule has 8 nitrogen and oxygen atoms in total. The molecule has 2 aromatic carbocycles. The van der Waals surface area contributed by atoms with Gasteiger partial charge in [-0.05, 0) is 0 Å². The molecular formula is C24H28O8Sn. The van der Waals surface area contributed by atoms with Crippen molar-refractivity contribution in [3.8, 4) is 0 Å². The van der Waals surface area contributed by atoms with Crippen LogP contribution in [0.2, 0.25) is 8.87 Å². The Hall–Kier alpha value is -2.88. The van der Waals surface area contributed by atoms with Crippen molar-refractivity contribution in [2.75, 3.05) is 0 Å². The zero-order valence-electron chi connectivity index (χ0n) is 19.1. The Balaban J connectivity index is 2.30. The molecule has 0 amide bonds. The van der Waals surface area contributed by atoms with Crippen LogP contribution in [0.25, 0.3) is 0 Å². The molecule has 0 heterocycles. The van der Waals surface area contributed by atoms with Crippen molar-refractivity contribution in [3.05, 3.63) is 71.8 Å². The average molecular weight is 563 g/mol. The maximum atomic E-state index is 13.1. The van der Waals surface area contributed by atoms with E-state index < -0.39 is 55.3 Å². The van der Waals surface area contributed by atoms with Gasteiger partial charge in [-0.2, -0.15) is 0 Å². The van der Waals surface area contributed by atoms with Crippen LogP contribution in [0.15, 0.2) is 60.7 Å². The second-order valence-electron chi connectivity index (χ2n) is 7.26. The Kier molecular flexibility index (Phi) is 9.90. The van der Waals surface area contributed by atoms with Crippen molar-refractivity contribution >= 4 is 43.1 Å². The number of ether oxygens (including phenoxy) is 2. The number of carbonyl (C=O) groups excluding carboxylic acids is 4. The van der Waals surface area contributed by atoms with Crippen LogP contribution in [0, 0.1) is 0 Å². The Labute approximate surface area is 198 Å². The molecule has 0 fully saturated rings.